The van der Waals surface area contributed by atoms with Crippen molar-refractivity contribution in [3.63, 3.8) is 0 Å². The fraction of sp³-hybridized carbons (Fsp3) is 0.538. The maximum absolute atomic E-state index is 11.4. The summed E-state index contributed by atoms with van der Waals surface area (Å²) in [7, 11) is -2.90. The smallest absolute Gasteiger partial charge is 0.151 e. The average molecular weight is 255 g/mol. The lowest BCUT2D eigenvalue weighted by Gasteiger charge is -2.14. The van der Waals surface area contributed by atoms with E-state index in [4.69, 9.17) is 0 Å². The molecule has 0 fully saturated rings. The minimum absolute atomic E-state index is 0.0143. The summed E-state index contributed by atoms with van der Waals surface area (Å²) < 4.78 is 22.9. The fourth-order valence-electron chi connectivity index (χ4n) is 1.65. The molecule has 1 aromatic carbocycles. The highest BCUT2D eigenvalue weighted by Crippen LogP contribution is 2.06. The summed E-state index contributed by atoms with van der Waals surface area (Å²) in [6, 6.07) is 8.11. The van der Waals surface area contributed by atoms with E-state index in [-0.39, 0.29) is 17.5 Å². The van der Waals surface area contributed by atoms with E-state index in [2.05, 4.69) is 24.4 Å². The number of rotatable bonds is 6. The molecule has 0 saturated heterocycles. The van der Waals surface area contributed by atoms with Gasteiger partial charge in [-0.1, -0.05) is 31.2 Å². The second-order valence-corrected chi connectivity index (χ2v) is 6.81. The van der Waals surface area contributed by atoms with Crippen molar-refractivity contribution < 1.29 is 8.42 Å². The number of benzene rings is 1. The van der Waals surface area contributed by atoms with E-state index in [1.165, 1.54) is 11.1 Å². The lowest BCUT2D eigenvalue weighted by molar-refractivity contribution is 0.556. The van der Waals surface area contributed by atoms with Gasteiger partial charge in [-0.25, -0.2) is 8.42 Å². The molecular weight excluding hydrogens is 234 g/mol. The van der Waals surface area contributed by atoms with Crippen LogP contribution in [0.3, 0.4) is 0 Å². The Hall–Kier alpha value is -0.870. The second-order valence-electron chi connectivity index (χ2n) is 4.41. The van der Waals surface area contributed by atoms with Crippen molar-refractivity contribution >= 4 is 9.84 Å². The number of aryl methyl sites for hydroxylation is 1. The molecule has 1 aromatic rings. The fourth-order valence-corrected chi connectivity index (χ4v) is 2.77. The molecule has 1 rings (SSSR count). The molecule has 0 saturated carbocycles. The standard InChI is InChI=1S/C13H21NO2S/c1-4-17(15,16)10-12(3)14-9-13-8-6-5-7-11(13)2/h5-8,12,14H,4,9-10H2,1-3H3. The van der Waals surface area contributed by atoms with Gasteiger partial charge >= 0.3 is 0 Å². The summed E-state index contributed by atoms with van der Waals surface area (Å²) in [5.41, 5.74) is 2.44. The van der Waals surface area contributed by atoms with Crippen LogP contribution in [0.2, 0.25) is 0 Å². The van der Waals surface area contributed by atoms with Crippen molar-refractivity contribution in [3.8, 4) is 0 Å². The van der Waals surface area contributed by atoms with Gasteiger partial charge in [0.2, 0.25) is 0 Å². The Labute approximate surface area is 104 Å². The summed E-state index contributed by atoms with van der Waals surface area (Å²) in [5.74, 6) is 0.415. The van der Waals surface area contributed by atoms with Gasteiger partial charge < -0.3 is 5.32 Å². The van der Waals surface area contributed by atoms with Crippen LogP contribution in [0.1, 0.15) is 25.0 Å². The topological polar surface area (TPSA) is 46.2 Å². The summed E-state index contributed by atoms with van der Waals surface area (Å²) >= 11 is 0. The number of sulfone groups is 1. The van der Waals surface area contributed by atoms with Crippen LogP contribution in [0.4, 0.5) is 0 Å². The van der Waals surface area contributed by atoms with Gasteiger partial charge in [0.25, 0.3) is 0 Å². The van der Waals surface area contributed by atoms with E-state index >= 15 is 0 Å². The first-order valence-electron chi connectivity index (χ1n) is 5.93. The summed E-state index contributed by atoms with van der Waals surface area (Å²) in [4.78, 5) is 0. The molecule has 1 atom stereocenters. The Morgan fingerprint density at radius 3 is 2.53 bits per heavy atom. The van der Waals surface area contributed by atoms with Crippen LogP contribution in [0.15, 0.2) is 24.3 Å². The van der Waals surface area contributed by atoms with Gasteiger partial charge in [-0.3, -0.25) is 0 Å². The monoisotopic (exact) mass is 255 g/mol. The zero-order valence-electron chi connectivity index (χ0n) is 10.7. The lowest BCUT2D eigenvalue weighted by atomic mass is 10.1. The molecule has 17 heavy (non-hydrogen) atoms. The highest BCUT2D eigenvalue weighted by Gasteiger charge is 2.13. The minimum Gasteiger partial charge on any atom is -0.309 e. The predicted octanol–water partition coefficient (Wildman–Crippen LogP) is 1.91. The van der Waals surface area contributed by atoms with Crippen LogP contribution >= 0.6 is 0 Å². The van der Waals surface area contributed by atoms with Crippen molar-refractivity contribution in [1.82, 2.24) is 5.32 Å². The van der Waals surface area contributed by atoms with Crippen LogP contribution in [0.5, 0.6) is 0 Å². The maximum atomic E-state index is 11.4. The summed E-state index contributed by atoms with van der Waals surface area (Å²) in [6.07, 6.45) is 0. The molecule has 0 aliphatic heterocycles. The molecule has 0 spiro atoms. The molecule has 96 valence electrons. The molecule has 1 unspecified atom stereocenters. The van der Waals surface area contributed by atoms with Crippen LogP contribution in [0.25, 0.3) is 0 Å². The maximum Gasteiger partial charge on any atom is 0.151 e. The predicted molar refractivity (Wildman–Crippen MR) is 71.8 cm³/mol. The number of nitrogens with one attached hydrogen (secondary N) is 1. The van der Waals surface area contributed by atoms with Gasteiger partial charge in [0.05, 0.1) is 5.75 Å². The van der Waals surface area contributed by atoms with Gasteiger partial charge in [0.1, 0.15) is 0 Å². The molecule has 1 N–H and O–H groups in total. The Kier molecular flexibility index (Phi) is 5.15. The number of hydrogen-bond donors (Lipinski definition) is 1. The van der Waals surface area contributed by atoms with E-state index in [0.717, 1.165) is 0 Å². The SMILES string of the molecule is CCS(=O)(=O)CC(C)NCc1ccccc1C. The highest BCUT2D eigenvalue weighted by molar-refractivity contribution is 7.91. The van der Waals surface area contributed by atoms with E-state index in [9.17, 15) is 8.42 Å². The first-order chi connectivity index (χ1) is 7.94. The summed E-state index contributed by atoms with van der Waals surface area (Å²) in [6.45, 7) is 6.37. The van der Waals surface area contributed by atoms with Gasteiger partial charge in [-0.05, 0) is 25.0 Å². The van der Waals surface area contributed by atoms with Crippen LogP contribution in [0, 0.1) is 6.92 Å². The zero-order chi connectivity index (χ0) is 12.9. The van der Waals surface area contributed by atoms with Crippen molar-refractivity contribution in [2.75, 3.05) is 11.5 Å². The highest BCUT2D eigenvalue weighted by atomic mass is 32.2. The largest absolute Gasteiger partial charge is 0.309 e. The molecule has 0 aromatic heterocycles. The quantitative estimate of drug-likeness (QED) is 0.844. The summed E-state index contributed by atoms with van der Waals surface area (Å²) in [5, 5.41) is 3.25. The van der Waals surface area contributed by atoms with Crippen LogP contribution in [-0.2, 0) is 16.4 Å². The molecule has 4 heteroatoms. The molecule has 0 bridgehead atoms. The second kappa shape index (κ2) is 6.17. The van der Waals surface area contributed by atoms with E-state index < -0.39 is 9.84 Å². The minimum atomic E-state index is -2.90. The third-order valence-electron chi connectivity index (χ3n) is 2.85. The van der Waals surface area contributed by atoms with Crippen LogP contribution in [-0.4, -0.2) is 26.0 Å². The molecule has 0 aliphatic carbocycles. The lowest BCUT2D eigenvalue weighted by Crippen LogP contribution is -2.33. The van der Waals surface area contributed by atoms with E-state index in [0.29, 0.717) is 6.54 Å². The molecule has 3 nitrogen and oxygen atoms in total. The van der Waals surface area contributed by atoms with Crippen molar-refractivity contribution in [2.45, 2.75) is 33.4 Å². The van der Waals surface area contributed by atoms with E-state index in [1.54, 1.807) is 6.92 Å². The van der Waals surface area contributed by atoms with Crippen molar-refractivity contribution in [2.24, 2.45) is 0 Å². The van der Waals surface area contributed by atoms with Crippen molar-refractivity contribution in [1.29, 1.82) is 0 Å². The Bertz CT molecular complexity index is 454. The van der Waals surface area contributed by atoms with E-state index in [1.807, 2.05) is 19.1 Å². The Morgan fingerprint density at radius 1 is 1.29 bits per heavy atom. The number of hydrogen-bond acceptors (Lipinski definition) is 3. The van der Waals surface area contributed by atoms with Gasteiger partial charge in [0, 0.05) is 18.3 Å². The van der Waals surface area contributed by atoms with Gasteiger partial charge in [-0.2, -0.15) is 0 Å². The Balaban J connectivity index is 2.49. The first-order valence-corrected chi connectivity index (χ1v) is 7.75. The molecular formula is C13H21NO2S. The molecule has 0 radical (unpaired) electrons. The van der Waals surface area contributed by atoms with Gasteiger partial charge in [-0.15, -0.1) is 0 Å². The average Bonchev–Trinajstić information content (AvgIpc) is 2.27. The normalized spacial score (nSPS) is 13.6. The van der Waals surface area contributed by atoms with Crippen molar-refractivity contribution in [3.05, 3.63) is 35.4 Å². The molecule has 0 amide bonds. The van der Waals surface area contributed by atoms with Gasteiger partial charge in [0.15, 0.2) is 9.84 Å². The first kappa shape index (κ1) is 14.2. The third-order valence-corrected chi connectivity index (χ3v) is 4.73. The molecule has 0 aliphatic rings. The zero-order valence-corrected chi connectivity index (χ0v) is 11.5. The Morgan fingerprint density at radius 2 is 1.94 bits per heavy atom. The molecule has 0 heterocycles. The van der Waals surface area contributed by atoms with Crippen LogP contribution < -0.4 is 5.32 Å². The third kappa shape index (κ3) is 4.88.